The van der Waals surface area contributed by atoms with Crippen molar-refractivity contribution in [3.05, 3.63) is 30.0 Å². The molecule has 0 saturated heterocycles. The predicted molar refractivity (Wildman–Crippen MR) is 71.4 cm³/mol. The van der Waals surface area contributed by atoms with Gasteiger partial charge in [0.15, 0.2) is 5.82 Å². The average Bonchev–Trinajstić information content (AvgIpc) is 2.70. The number of hydrogen-bond donors (Lipinski definition) is 1. The summed E-state index contributed by atoms with van der Waals surface area (Å²) in [6, 6.07) is 7.75. The first-order valence-electron chi connectivity index (χ1n) is 6.00. The van der Waals surface area contributed by atoms with Crippen LogP contribution in [-0.2, 0) is 6.42 Å². The van der Waals surface area contributed by atoms with Crippen LogP contribution in [0.5, 0.6) is 5.75 Å². The summed E-state index contributed by atoms with van der Waals surface area (Å²) in [6.07, 6.45) is 0.816. The molecular weight excluding hydrogens is 228 g/mol. The van der Waals surface area contributed by atoms with E-state index in [-0.39, 0.29) is 0 Å². The number of hydrogen-bond acceptors (Lipinski definition) is 4. The Hall–Kier alpha value is -1.97. The molecule has 96 valence electrons. The van der Waals surface area contributed by atoms with Gasteiger partial charge in [-0.1, -0.05) is 31.1 Å². The Morgan fingerprint density at radius 3 is 2.83 bits per heavy atom. The van der Waals surface area contributed by atoms with Crippen molar-refractivity contribution >= 4 is 5.82 Å². The molecule has 1 heterocycles. The molecule has 1 aromatic heterocycles. The summed E-state index contributed by atoms with van der Waals surface area (Å²) in [5.74, 6) is 2.54. The molecule has 0 radical (unpaired) electrons. The standard InChI is InChI=1S/C14H18N2O2/c1-9(2)7-12-13(14(15)16-18-12)10-5-4-6-11(8-10)17-3/h4-6,8-9H,7H2,1-3H3,(H2,15,16). The van der Waals surface area contributed by atoms with Gasteiger partial charge in [0.2, 0.25) is 0 Å². The van der Waals surface area contributed by atoms with Gasteiger partial charge in [-0.05, 0) is 23.6 Å². The van der Waals surface area contributed by atoms with Crippen LogP contribution in [-0.4, -0.2) is 12.3 Å². The van der Waals surface area contributed by atoms with Crippen LogP contribution in [0.3, 0.4) is 0 Å². The Kier molecular flexibility index (Phi) is 3.55. The molecule has 4 heteroatoms. The summed E-state index contributed by atoms with van der Waals surface area (Å²) in [5.41, 5.74) is 7.75. The van der Waals surface area contributed by atoms with Gasteiger partial charge in [0.05, 0.1) is 12.7 Å². The molecule has 0 fully saturated rings. The fourth-order valence-electron chi connectivity index (χ4n) is 1.94. The summed E-state index contributed by atoms with van der Waals surface area (Å²) in [4.78, 5) is 0. The number of benzene rings is 1. The van der Waals surface area contributed by atoms with E-state index in [4.69, 9.17) is 15.0 Å². The lowest BCUT2D eigenvalue weighted by atomic mass is 10.00. The Balaban J connectivity index is 2.45. The highest BCUT2D eigenvalue weighted by atomic mass is 16.5. The van der Waals surface area contributed by atoms with E-state index in [9.17, 15) is 0 Å². The average molecular weight is 246 g/mol. The van der Waals surface area contributed by atoms with E-state index in [0.717, 1.165) is 29.1 Å². The van der Waals surface area contributed by atoms with Crippen molar-refractivity contribution in [2.45, 2.75) is 20.3 Å². The first-order valence-corrected chi connectivity index (χ1v) is 6.00. The Labute approximate surface area is 107 Å². The van der Waals surface area contributed by atoms with Crippen molar-refractivity contribution in [1.82, 2.24) is 5.16 Å². The number of nitrogen functional groups attached to an aromatic ring is 1. The molecular formula is C14H18N2O2. The van der Waals surface area contributed by atoms with Gasteiger partial charge in [-0.15, -0.1) is 0 Å². The summed E-state index contributed by atoms with van der Waals surface area (Å²) >= 11 is 0. The van der Waals surface area contributed by atoms with E-state index in [1.165, 1.54) is 0 Å². The number of nitrogens with zero attached hydrogens (tertiary/aromatic N) is 1. The fraction of sp³-hybridized carbons (Fsp3) is 0.357. The van der Waals surface area contributed by atoms with E-state index in [2.05, 4.69) is 19.0 Å². The largest absolute Gasteiger partial charge is 0.497 e. The zero-order valence-corrected chi connectivity index (χ0v) is 10.9. The Morgan fingerprint density at radius 2 is 2.17 bits per heavy atom. The second-order valence-corrected chi connectivity index (χ2v) is 4.70. The molecule has 0 atom stereocenters. The van der Waals surface area contributed by atoms with Gasteiger partial charge in [0.25, 0.3) is 0 Å². The molecule has 0 saturated carbocycles. The highest BCUT2D eigenvalue weighted by molar-refractivity contribution is 5.76. The van der Waals surface area contributed by atoms with Crippen LogP contribution >= 0.6 is 0 Å². The smallest absolute Gasteiger partial charge is 0.175 e. The van der Waals surface area contributed by atoms with E-state index in [0.29, 0.717) is 11.7 Å². The highest BCUT2D eigenvalue weighted by Crippen LogP contribution is 2.32. The molecule has 0 aliphatic carbocycles. The number of anilines is 1. The monoisotopic (exact) mass is 246 g/mol. The molecule has 0 aliphatic heterocycles. The van der Waals surface area contributed by atoms with Crippen molar-refractivity contribution < 1.29 is 9.26 Å². The summed E-state index contributed by atoms with van der Waals surface area (Å²) in [7, 11) is 1.64. The van der Waals surface area contributed by atoms with Crippen LogP contribution in [0.1, 0.15) is 19.6 Å². The van der Waals surface area contributed by atoms with Crippen molar-refractivity contribution in [1.29, 1.82) is 0 Å². The predicted octanol–water partition coefficient (Wildman–Crippen LogP) is 3.13. The lowest BCUT2D eigenvalue weighted by molar-refractivity contribution is 0.372. The van der Waals surface area contributed by atoms with Gasteiger partial charge >= 0.3 is 0 Å². The molecule has 0 unspecified atom stereocenters. The highest BCUT2D eigenvalue weighted by Gasteiger charge is 2.17. The van der Waals surface area contributed by atoms with Gasteiger partial charge in [0, 0.05) is 6.42 Å². The maximum absolute atomic E-state index is 5.89. The molecule has 1 aromatic carbocycles. The molecule has 2 N–H and O–H groups in total. The van der Waals surface area contributed by atoms with Crippen LogP contribution in [0, 0.1) is 5.92 Å². The maximum Gasteiger partial charge on any atom is 0.175 e. The SMILES string of the molecule is COc1cccc(-c2c(N)noc2CC(C)C)c1. The van der Waals surface area contributed by atoms with Gasteiger partial charge in [-0.2, -0.15) is 0 Å². The second-order valence-electron chi connectivity index (χ2n) is 4.70. The number of methoxy groups -OCH3 is 1. The van der Waals surface area contributed by atoms with Gasteiger partial charge in [-0.25, -0.2) is 0 Å². The topological polar surface area (TPSA) is 61.3 Å². The minimum atomic E-state index is 0.430. The molecule has 0 bridgehead atoms. The molecule has 0 amide bonds. The summed E-state index contributed by atoms with van der Waals surface area (Å²) in [6.45, 7) is 4.27. The lowest BCUT2D eigenvalue weighted by Gasteiger charge is -2.06. The van der Waals surface area contributed by atoms with E-state index in [1.54, 1.807) is 7.11 Å². The van der Waals surface area contributed by atoms with Crippen LogP contribution in [0.4, 0.5) is 5.82 Å². The molecule has 2 rings (SSSR count). The Morgan fingerprint density at radius 1 is 1.39 bits per heavy atom. The summed E-state index contributed by atoms with van der Waals surface area (Å²) < 4.78 is 10.5. The molecule has 2 aromatic rings. The van der Waals surface area contributed by atoms with Crippen molar-refractivity contribution in [3.8, 4) is 16.9 Å². The normalized spacial score (nSPS) is 10.9. The lowest BCUT2D eigenvalue weighted by Crippen LogP contribution is -1.96. The quantitative estimate of drug-likeness (QED) is 0.900. The number of rotatable bonds is 4. The van der Waals surface area contributed by atoms with Crippen molar-refractivity contribution in [2.75, 3.05) is 12.8 Å². The van der Waals surface area contributed by atoms with Gasteiger partial charge < -0.3 is 15.0 Å². The third-order valence-electron chi connectivity index (χ3n) is 2.74. The first kappa shape index (κ1) is 12.5. The number of aromatic nitrogens is 1. The van der Waals surface area contributed by atoms with E-state index < -0.39 is 0 Å². The zero-order valence-electron chi connectivity index (χ0n) is 10.9. The third-order valence-corrected chi connectivity index (χ3v) is 2.74. The van der Waals surface area contributed by atoms with Gasteiger partial charge in [-0.3, -0.25) is 0 Å². The molecule has 0 aliphatic rings. The molecule has 18 heavy (non-hydrogen) atoms. The maximum atomic E-state index is 5.89. The summed E-state index contributed by atoms with van der Waals surface area (Å²) in [5, 5.41) is 3.86. The van der Waals surface area contributed by atoms with Crippen molar-refractivity contribution in [2.24, 2.45) is 5.92 Å². The van der Waals surface area contributed by atoms with Crippen LogP contribution in [0.15, 0.2) is 28.8 Å². The van der Waals surface area contributed by atoms with Crippen LogP contribution < -0.4 is 10.5 Å². The molecule has 0 spiro atoms. The second kappa shape index (κ2) is 5.12. The number of ether oxygens (including phenoxy) is 1. The van der Waals surface area contributed by atoms with Gasteiger partial charge in [0.1, 0.15) is 11.5 Å². The van der Waals surface area contributed by atoms with E-state index in [1.807, 2.05) is 24.3 Å². The minimum absolute atomic E-state index is 0.430. The minimum Gasteiger partial charge on any atom is -0.497 e. The number of nitrogens with two attached hydrogens (primary N) is 1. The first-order chi connectivity index (χ1) is 8.61. The fourth-order valence-corrected chi connectivity index (χ4v) is 1.94. The van der Waals surface area contributed by atoms with Crippen LogP contribution in [0.25, 0.3) is 11.1 Å². The molecule has 4 nitrogen and oxygen atoms in total. The Bertz CT molecular complexity index is 532. The van der Waals surface area contributed by atoms with E-state index >= 15 is 0 Å². The third kappa shape index (κ3) is 2.47. The van der Waals surface area contributed by atoms with Crippen LogP contribution in [0.2, 0.25) is 0 Å². The van der Waals surface area contributed by atoms with Crippen molar-refractivity contribution in [3.63, 3.8) is 0 Å². The zero-order chi connectivity index (χ0) is 13.1.